The minimum atomic E-state index is -0.696. The maximum absolute atomic E-state index is 10.2. The Morgan fingerprint density at radius 3 is 2.63 bits per heavy atom. The Morgan fingerprint density at radius 1 is 1.37 bits per heavy atom. The van der Waals surface area contributed by atoms with Crippen molar-refractivity contribution in [2.45, 2.75) is 39.2 Å². The molecule has 2 aromatic heterocycles. The van der Waals surface area contributed by atoms with Gasteiger partial charge in [0.05, 0.1) is 16.4 Å². The van der Waals surface area contributed by atoms with E-state index in [1.54, 1.807) is 4.68 Å². The third-order valence-corrected chi connectivity index (χ3v) is 3.69. The summed E-state index contributed by atoms with van der Waals surface area (Å²) in [5.74, 6) is 1.45. The van der Waals surface area contributed by atoms with Crippen molar-refractivity contribution in [3.8, 4) is 0 Å². The second kappa shape index (κ2) is 5.80. The van der Waals surface area contributed by atoms with Gasteiger partial charge in [-0.3, -0.25) is 4.68 Å². The molecule has 0 aliphatic carbocycles. The predicted molar refractivity (Wildman–Crippen MR) is 74.3 cm³/mol. The Hall–Kier alpha value is -1.26. The maximum Gasteiger partial charge on any atom is 0.133 e. The highest BCUT2D eigenvalue weighted by atomic mass is 35.5. The molecule has 1 unspecified atom stereocenters. The second-order valence-electron chi connectivity index (χ2n) is 4.56. The van der Waals surface area contributed by atoms with E-state index in [0.717, 1.165) is 30.0 Å². The zero-order valence-corrected chi connectivity index (χ0v) is 12.2. The van der Waals surface area contributed by atoms with E-state index < -0.39 is 6.10 Å². The number of hydrogen-bond acceptors (Lipinski definition) is 3. The van der Waals surface area contributed by atoms with Crippen molar-refractivity contribution >= 4 is 11.6 Å². The van der Waals surface area contributed by atoms with Gasteiger partial charge < -0.3 is 9.52 Å². The Labute approximate surface area is 118 Å². The van der Waals surface area contributed by atoms with Gasteiger partial charge in [-0.2, -0.15) is 5.10 Å². The summed E-state index contributed by atoms with van der Waals surface area (Å²) in [5, 5.41) is 15.2. The fourth-order valence-electron chi connectivity index (χ4n) is 2.09. The quantitative estimate of drug-likeness (QED) is 0.917. The number of furan rings is 1. The molecule has 2 aromatic rings. The summed E-state index contributed by atoms with van der Waals surface area (Å²) in [6.07, 6.45) is 1.31. The van der Waals surface area contributed by atoms with Crippen LogP contribution in [0.5, 0.6) is 0 Å². The number of aliphatic hydroxyl groups excluding tert-OH is 1. The molecular formula is C14H19ClN2O2. The lowest BCUT2D eigenvalue weighted by Crippen LogP contribution is -2.06. The van der Waals surface area contributed by atoms with Crippen LogP contribution >= 0.6 is 11.6 Å². The molecule has 0 bridgehead atoms. The number of hydrogen-bond donors (Lipinski definition) is 1. The van der Waals surface area contributed by atoms with Crippen LogP contribution in [-0.4, -0.2) is 14.9 Å². The van der Waals surface area contributed by atoms with E-state index in [-0.39, 0.29) is 0 Å². The molecule has 0 aliphatic heterocycles. The molecule has 1 atom stereocenters. The lowest BCUT2D eigenvalue weighted by Gasteiger charge is -2.08. The smallest absolute Gasteiger partial charge is 0.133 e. The van der Waals surface area contributed by atoms with Gasteiger partial charge in [0.2, 0.25) is 0 Å². The minimum absolute atomic E-state index is 0.402. The van der Waals surface area contributed by atoms with Crippen molar-refractivity contribution in [3.63, 3.8) is 0 Å². The summed E-state index contributed by atoms with van der Waals surface area (Å²) >= 11 is 6.27. The van der Waals surface area contributed by atoms with Crippen molar-refractivity contribution in [1.29, 1.82) is 0 Å². The number of aryl methyl sites for hydroxylation is 3. The van der Waals surface area contributed by atoms with E-state index >= 15 is 0 Å². The summed E-state index contributed by atoms with van der Waals surface area (Å²) in [4.78, 5) is 0. The third-order valence-electron chi connectivity index (χ3n) is 3.25. The van der Waals surface area contributed by atoms with Crippen LogP contribution in [0, 0.1) is 0 Å². The first-order chi connectivity index (χ1) is 9.06. The van der Waals surface area contributed by atoms with E-state index in [0.29, 0.717) is 17.2 Å². The molecule has 0 amide bonds. The summed E-state index contributed by atoms with van der Waals surface area (Å²) in [6.45, 7) is 4.02. The molecule has 2 heterocycles. The van der Waals surface area contributed by atoms with Crippen molar-refractivity contribution < 1.29 is 9.52 Å². The lowest BCUT2D eigenvalue weighted by atomic mass is 10.1. The largest absolute Gasteiger partial charge is 0.463 e. The van der Waals surface area contributed by atoms with Crippen LogP contribution in [-0.2, 0) is 26.3 Å². The molecule has 0 saturated carbocycles. The molecule has 2 rings (SSSR count). The predicted octanol–water partition coefficient (Wildman–Crippen LogP) is 3.07. The summed E-state index contributed by atoms with van der Waals surface area (Å²) < 4.78 is 7.29. The van der Waals surface area contributed by atoms with Crippen LogP contribution in [0.2, 0.25) is 5.02 Å². The van der Waals surface area contributed by atoms with Gasteiger partial charge in [-0.25, -0.2) is 0 Å². The van der Waals surface area contributed by atoms with Crippen molar-refractivity contribution in [3.05, 3.63) is 40.1 Å². The van der Waals surface area contributed by atoms with Crippen LogP contribution < -0.4 is 0 Å². The van der Waals surface area contributed by atoms with Gasteiger partial charge in [-0.05, 0) is 18.6 Å². The Balaban J connectivity index is 2.18. The average Bonchev–Trinajstić information content (AvgIpc) is 2.98. The average molecular weight is 283 g/mol. The van der Waals surface area contributed by atoms with Crippen LogP contribution in [0.1, 0.15) is 42.9 Å². The number of halogens is 1. The third kappa shape index (κ3) is 2.85. The number of aromatic nitrogens is 2. The fraction of sp³-hybridized carbons (Fsp3) is 0.500. The highest BCUT2D eigenvalue weighted by molar-refractivity contribution is 6.31. The van der Waals surface area contributed by atoms with E-state index in [4.69, 9.17) is 16.0 Å². The highest BCUT2D eigenvalue weighted by Crippen LogP contribution is 2.27. The second-order valence-corrected chi connectivity index (χ2v) is 4.94. The van der Waals surface area contributed by atoms with Crippen molar-refractivity contribution in [2.75, 3.05) is 0 Å². The summed E-state index contributed by atoms with van der Waals surface area (Å²) in [7, 11) is 1.84. The topological polar surface area (TPSA) is 51.2 Å². The lowest BCUT2D eigenvalue weighted by molar-refractivity contribution is 0.146. The highest BCUT2D eigenvalue weighted by Gasteiger charge is 2.19. The van der Waals surface area contributed by atoms with Crippen LogP contribution in [0.3, 0.4) is 0 Å². The standard InChI is InChI=1S/C14H19ClN2O2/c1-4-9-6-7-13(19-9)12(18)8-11-14(15)10(5-2)16-17(11)3/h6-7,12,18H,4-5,8H2,1-3H3. The first-order valence-corrected chi connectivity index (χ1v) is 6.91. The normalized spacial score (nSPS) is 12.9. The van der Waals surface area contributed by atoms with E-state index in [2.05, 4.69) is 5.10 Å². The molecular weight excluding hydrogens is 264 g/mol. The van der Waals surface area contributed by atoms with Gasteiger partial charge >= 0.3 is 0 Å². The first-order valence-electron chi connectivity index (χ1n) is 6.53. The summed E-state index contributed by atoms with van der Waals surface area (Å²) in [6, 6.07) is 3.70. The van der Waals surface area contributed by atoms with Gasteiger partial charge in [-0.1, -0.05) is 25.4 Å². The molecule has 104 valence electrons. The molecule has 0 aromatic carbocycles. The first kappa shape index (κ1) is 14.2. The van der Waals surface area contributed by atoms with Crippen molar-refractivity contribution in [2.24, 2.45) is 7.05 Å². The van der Waals surface area contributed by atoms with Gasteiger partial charge in [0.15, 0.2) is 0 Å². The van der Waals surface area contributed by atoms with Crippen molar-refractivity contribution in [1.82, 2.24) is 9.78 Å². The SMILES string of the molecule is CCc1ccc(C(O)Cc2c(Cl)c(CC)nn2C)o1. The molecule has 1 N–H and O–H groups in total. The number of nitrogens with zero attached hydrogens (tertiary/aromatic N) is 2. The van der Waals surface area contributed by atoms with Gasteiger partial charge in [0.1, 0.15) is 17.6 Å². The van der Waals surface area contributed by atoms with Gasteiger partial charge in [0, 0.05) is 19.9 Å². The Bertz CT molecular complexity index is 560. The zero-order chi connectivity index (χ0) is 14.0. The molecule has 19 heavy (non-hydrogen) atoms. The van der Waals surface area contributed by atoms with Gasteiger partial charge in [-0.15, -0.1) is 0 Å². The number of rotatable bonds is 5. The van der Waals surface area contributed by atoms with Gasteiger partial charge in [0.25, 0.3) is 0 Å². The molecule has 0 fully saturated rings. The van der Waals surface area contributed by atoms with E-state index in [1.807, 2.05) is 33.0 Å². The fourth-order valence-corrected chi connectivity index (χ4v) is 2.46. The Morgan fingerprint density at radius 2 is 2.11 bits per heavy atom. The van der Waals surface area contributed by atoms with Crippen LogP contribution in [0.15, 0.2) is 16.5 Å². The summed E-state index contributed by atoms with van der Waals surface area (Å²) in [5.41, 5.74) is 1.69. The molecule has 0 saturated heterocycles. The minimum Gasteiger partial charge on any atom is -0.463 e. The molecule has 5 heteroatoms. The molecule has 0 radical (unpaired) electrons. The molecule has 0 spiro atoms. The Kier molecular flexibility index (Phi) is 4.32. The number of aliphatic hydroxyl groups is 1. The monoisotopic (exact) mass is 282 g/mol. The zero-order valence-electron chi connectivity index (χ0n) is 11.5. The van der Waals surface area contributed by atoms with E-state index in [1.165, 1.54) is 0 Å². The molecule has 0 aliphatic rings. The maximum atomic E-state index is 10.2. The molecule has 4 nitrogen and oxygen atoms in total. The van der Waals surface area contributed by atoms with Crippen LogP contribution in [0.25, 0.3) is 0 Å². The van der Waals surface area contributed by atoms with Crippen LogP contribution in [0.4, 0.5) is 0 Å². The van der Waals surface area contributed by atoms with E-state index in [9.17, 15) is 5.11 Å².